The summed E-state index contributed by atoms with van der Waals surface area (Å²) in [7, 11) is 4.17. The van der Waals surface area contributed by atoms with Crippen molar-refractivity contribution in [3.63, 3.8) is 0 Å². The maximum atomic E-state index is 12.7. The van der Waals surface area contributed by atoms with Gasteiger partial charge >= 0.3 is 0 Å². The molecule has 1 atom stereocenters. The number of nitrogens with zero attached hydrogens (tertiary/aromatic N) is 2. The Kier molecular flexibility index (Phi) is 5.65. The van der Waals surface area contributed by atoms with Gasteiger partial charge in [0.2, 0.25) is 0 Å². The van der Waals surface area contributed by atoms with Crippen molar-refractivity contribution in [3.05, 3.63) is 72.2 Å². The molecule has 0 saturated carbocycles. The molecule has 6 heteroatoms. The van der Waals surface area contributed by atoms with Gasteiger partial charge in [0.15, 0.2) is 0 Å². The van der Waals surface area contributed by atoms with Crippen molar-refractivity contribution < 1.29 is 9.21 Å². The van der Waals surface area contributed by atoms with Crippen molar-refractivity contribution in [2.45, 2.75) is 29.3 Å². The number of carbonyl (C=O) groups excluding carboxylic acids is 1. The Balaban J connectivity index is 1.65. The zero-order valence-corrected chi connectivity index (χ0v) is 17.7. The molecular weight excluding hydrogens is 382 g/mol. The molecule has 2 aromatic carbocycles. The maximum Gasteiger partial charge on any atom is 0.251 e. The molecule has 1 amide bonds. The summed E-state index contributed by atoms with van der Waals surface area (Å²) in [4.78, 5) is 19.7. The number of likely N-dealkylation sites (N-methyl/N-ethyl adjacent to an activating group) is 1. The van der Waals surface area contributed by atoms with E-state index in [4.69, 9.17) is 4.42 Å². The highest BCUT2D eigenvalue weighted by Gasteiger charge is 2.28. The Labute approximate surface area is 175 Å². The van der Waals surface area contributed by atoms with Gasteiger partial charge in [-0.05, 0) is 63.5 Å². The molecule has 5 nitrogen and oxygen atoms in total. The summed E-state index contributed by atoms with van der Waals surface area (Å²) in [6.45, 7) is 3.51. The predicted molar refractivity (Wildman–Crippen MR) is 117 cm³/mol. The molecule has 3 aromatic rings. The molecule has 0 radical (unpaired) electrons. The molecule has 1 unspecified atom stereocenters. The highest BCUT2D eigenvalue weighted by molar-refractivity contribution is 7.99. The lowest BCUT2D eigenvalue weighted by molar-refractivity contribution is 0.0948. The van der Waals surface area contributed by atoms with Gasteiger partial charge in [-0.25, -0.2) is 0 Å². The number of nitrogens with one attached hydrogen (secondary N) is 1. The van der Waals surface area contributed by atoms with Gasteiger partial charge in [-0.3, -0.25) is 4.79 Å². The van der Waals surface area contributed by atoms with E-state index < -0.39 is 0 Å². The minimum atomic E-state index is -0.103. The summed E-state index contributed by atoms with van der Waals surface area (Å²) in [6.07, 6.45) is 1.61. The molecule has 1 aliphatic heterocycles. The van der Waals surface area contributed by atoms with Crippen LogP contribution in [0, 0.1) is 0 Å². The van der Waals surface area contributed by atoms with Gasteiger partial charge in [-0.1, -0.05) is 23.9 Å². The first-order chi connectivity index (χ1) is 14.0. The van der Waals surface area contributed by atoms with Crippen molar-refractivity contribution in [2.24, 2.45) is 0 Å². The third-order valence-corrected chi connectivity index (χ3v) is 6.03. The highest BCUT2D eigenvalue weighted by atomic mass is 32.2. The fourth-order valence-electron chi connectivity index (χ4n) is 3.69. The Morgan fingerprint density at radius 3 is 2.66 bits per heavy atom. The zero-order chi connectivity index (χ0) is 20.4. The third kappa shape index (κ3) is 4.18. The average Bonchev–Trinajstić information content (AvgIpc) is 3.22. The average molecular weight is 408 g/mol. The first kappa shape index (κ1) is 19.6. The summed E-state index contributed by atoms with van der Waals surface area (Å²) in [5.41, 5.74) is 2.92. The second kappa shape index (κ2) is 8.35. The predicted octanol–water partition coefficient (Wildman–Crippen LogP) is 4.76. The number of furan rings is 1. The van der Waals surface area contributed by atoms with E-state index in [1.807, 2.05) is 30.3 Å². The third-order valence-electron chi connectivity index (χ3n) is 4.90. The summed E-state index contributed by atoms with van der Waals surface area (Å²) in [5, 5.41) is 2.94. The van der Waals surface area contributed by atoms with Crippen LogP contribution in [-0.2, 0) is 6.54 Å². The molecule has 0 bridgehead atoms. The second-order valence-electron chi connectivity index (χ2n) is 7.50. The number of hydrogen-bond donors (Lipinski definition) is 1. The van der Waals surface area contributed by atoms with E-state index >= 15 is 0 Å². The Hall–Kier alpha value is -2.70. The van der Waals surface area contributed by atoms with Crippen LogP contribution in [0.1, 0.15) is 23.0 Å². The molecule has 4 rings (SSSR count). The molecule has 0 saturated heterocycles. The highest BCUT2D eigenvalue weighted by Crippen LogP contribution is 2.49. The number of benzene rings is 2. The first-order valence-corrected chi connectivity index (χ1v) is 10.5. The number of hydrogen-bond acceptors (Lipinski definition) is 5. The standard InChI is InChI=1S/C23H25N3O2S/c1-16(15-25(2)3)26-19-8-4-5-9-21(19)29-22-11-10-17(13-20(22)26)23(27)24-14-18-7-6-12-28-18/h4-13,16H,14-15H2,1-3H3,(H,24,27). The van der Waals surface area contributed by atoms with Crippen LogP contribution in [0.2, 0.25) is 0 Å². The van der Waals surface area contributed by atoms with Crippen LogP contribution in [0.15, 0.2) is 75.1 Å². The van der Waals surface area contributed by atoms with E-state index in [2.05, 4.69) is 60.4 Å². The van der Waals surface area contributed by atoms with Crippen LogP contribution in [0.4, 0.5) is 11.4 Å². The largest absolute Gasteiger partial charge is 0.467 e. The van der Waals surface area contributed by atoms with Crippen molar-refractivity contribution in [2.75, 3.05) is 25.5 Å². The van der Waals surface area contributed by atoms with E-state index in [1.165, 1.54) is 10.6 Å². The molecule has 0 spiro atoms. The van der Waals surface area contributed by atoms with Gasteiger partial charge in [-0.2, -0.15) is 0 Å². The van der Waals surface area contributed by atoms with Crippen molar-refractivity contribution in [1.29, 1.82) is 0 Å². The normalized spacial score (nSPS) is 13.7. The van der Waals surface area contributed by atoms with Crippen LogP contribution >= 0.6 is 11.8 Å². The maximum absolute atomic E-state index is 12.7. The van der Waals surface area contributed by atoms with E-state index in [0.717, 1.165) is 22.9 Å². The number of para-hydroxylation sites is 1. The number of amides is 1. The molecule has 1 N–H and O–H groups in total. The molecule has 0 fully saturated rings. The van der Waals surface area contributed by atoms with E-state index in [1.54, 1.807) is 18.0 Å². The molecular formula is C23H25N3O2S. The Bertz CT molecular complexity index is 1000. The number of fused-ring (bicyclic) bond motifs is 2. The van der Waals surface area contributed by atoms with Crippen LogP contribution < -0.4 is 10.2 Å². The Morgan fingerprint density at radius 1 is 1.10 bits per heavy atom. The second-order valence-corrected chi connectivity index (χ2v) is 8.58. The van der Waals surface area contributed by atoms with Crippen LogP contribution in [0.25, 0.3) is 0 Å². The fraction of sp³-hybridized carbons (Fsp3) is 0.261. The topological polar surface area (TPSA) is 48.7 Å². The van der Waals surface area contributed by atoms with Gasteiger partial charge in [0.1, 0.15) is 5.76 Å². The zero-order valence-electron chi connectivity index (χ0n) is 16.9. The lowest BCUT2D eigenvalue weighted by Gasteiger charge is -2.38. The monoisotopic (exact) mass is 407 g/mol. The van der Waals surface area contributed by atoms with Gasteiger partial charge in [0.25, 0.3) is 5.91 Å². The molecule has 1 aromatic heterocycles. The van der Waals surface area contributed by atoms with Crippen LogP contribution in [-0.4, -0.2) is 37.5 Å². The molecule has 29 heavy (non-hydrogen) atoms. The number of anilines is 2. The van der Waals surface area contributed by atoms with Crippen LogP contribution in [0.5, 0.6) is 0 Å². The smallest absolute Gasteiger partial charge is 0.251 e. The molecule has 1 aliphatic rings. The lowest BCUT2D eigenvalue weighted by Crippen LogP contribution is -2.38. The van der Waals surface area contributed by atoms with E-state index in [9.17, 15) is 4.79 Å². The van der Waals surface area contributed by atoms with Crippen molar-refractivity contribution in [1.82, 2.24) is 10.2 Å². The first-order valence-electron chi connectivity index (χ1n) is 9.68. The number of rotatable bonds is 6. The minimum absolute atomic E-state index is 0.103. The Morgan fingerprint density at radius 2 is 1.90 bits per heavy atom. The quantitative estimate of drug-likeness (QED) is 0.638. The lowest BCUT2D eigenvalue weighted by atomic mass is 10.1. The van der Waals surface area contributed by atoms with Crippen molar-refractivity contribution >= 4 is 29.0 Å². The minimum Gasteiger partial charge on any atom is -0.467 e. The summed E-state index contributed by atoms with van der Waals surface area (Å²) in [6, 6.07) is 18.3. The fourth-order valence-corrected chi connectivity index (χ4v) is 4.74. The van der Waals surface area contributed by atoms with Gasteiger partial charge in [0, 0.05) is 27.9 Å². The van der Waals surface area contributed by atoms with Crippen LogP contribution in [0.3, 0.4) is 0 Å². The summed E-state index contributed by atoms with van der Waals surface area (Å²) in [5.74, 6) is 0.635. The molecule has 0 aliphatic carbocycles. The SMILES string of the molecule is CC(CN(C)C)N1c2ccccc2Sc2ccc(C(=O)NCc3ccco3)cc21. The molecule has 2 heterocycles. The van der Waals surface area contributed by atoms with E-state index in [0.29, 0.717) is 12.1 Å². The summed E-state index contributed by atoms with van der Waals surface area (Å²) < 4.78 is 5.30. The van der Waals surface area contributed by atoms with Gasteiger partial charge in [0.05, 0.1) is 24.2 Å². The van der Waals surface area contributed by atoms with E-state index in [-0.39, 0.29) is 11.9 Å². The molecule has 150 valence electrons. The van der Waals surface area contributed by atoms with Gasteiger partial charge < -0.3 is 19.5 Å². The number of carbonyl (C=O) groups is 1. The van der Waals surface area contributed by atoms with Crippen molar-refractivity contribution in [3.8, 4) is 0 Å². The van der Waals surface area contributed by atoms with Gasteiger partial charge in [-0.15, -0.1) is 0 Å². The summed E-state index contributed by atoms with van der Waals surface area (Å²) >= 11 is 1.75.